The highest BCUT2D eigenvalue weighted by Crippen LogP contribution is 2.37. The van der Waals surface area contributed by atoms with Gasteiger partial charge in [-0.25, -0.2) is 48.9 Å². The summed E-state index contributed by atoms with van der Waals surface area (Å²) in [5.74, 6) is 26.0. The predicted octanol–water partition coefficient (Wildman–Crippen LogP) is 14.9. The van der Waals surface area contributed by atoms with Gasteiger partial charge in [0.25, 0.3) is 0 Å². The van der Waals surface area contributed by atoms with Crippen molar-refractivity contribution < 1.29 is 83.2 Å². The summed E-state index contributed by atoms with van der Waals surface area (Å²) in [5, 5.41) is 13.2. The van der Waals surface area contributed by atoms with Gasteiger partial charge in [0.1, 0.15) is 87.8 Å². The number of nitrogens with one attached hydrogen (secondary N) is 10. The SMILES string of the molecule is Brc1ccc(Br)cc1.C#Cc1cnc([C@@H]2CCCN2C(=O)[C@@H](NC(=O)OC)C(C)C)[nH]1.C#Cc1cnc([C@@H]2CCCN2C(=O)[C@@H](NC(=O)OC)C(C)C)[nH]1.COC(=O)N[C@H](C(=O)N1CCC[C@H]1c1ncc(C#Cc2ccc(Br)cc2)[nH]1)C(C)C.COC(=O)N[C@H](C(=O)N1CCC[C@H]1c1ncc(C#Cc2ccc(C#Cc3cnc([C@@H]4CCCN4C(=O)[C@@H](NC(=O)OC)C(C)C)[nH]3)cc2)[nH]1)C(C)C.[2H]CF.[2H]CF. The fourth-order valence-electron chi connectivity index (χ4n) is 15.8. The molecule has 10 atom stereocenters. The Kier molecular flexibility index (Phi) is 45.0. The van der Waals surface area contributed by atoms with Crippen LogP contribution in [0.2, 0.25) is 0 Å². The molecular formula is C100H125Br3F2N20O15. The van der Waals surface area contributed by atoms with E-state index in [1.165, 1.54) is 35.5 Å². The van der Waals surface area contributed by atoms with Gasteiger partial charge in [-0.15, -0.1) is 12.8 Å². The summed E-state index contributed by atoms with van der Waals surface area (Å²) >= 11 is 10.1. The highest BCUT2D eigenvalue weighted by molar-refractivity contribution is 9.11. The predicted molar refractivity (Wildman–Crippen MR) is 533 cm³/mol. The van der Waals surface area contributed by atoms with Crippen LogP contribution in [0.15, 0.2) is 117 Å². The van der Waals surface area contributed by atoms with Gasteiger partial charge in [0.2, 0.25) is 29.5 Å². The van der Waals surface area contributed by atoms with Crippen molar-refractivity contribution in [3.05, 3.63) is 191 Å². The molecule has 5 aliphatic rings. The average Bonchev–Trinajstić information content (AvgIpc) is 1.72. The zero-order valence-corrected chi connectivity index (χ0v) is 85.9. The first kappa shape index (κ1) is 110. The molecule has 10 amide bonds. The van der Waals surface area contributed by atoms with Crippen LogP contribution >= 0.6 is 47.8 Å². The van der Waals surface area contributed by atoms with Gasteiger partial charge in [-0.05, 0) is 184 Å². The summed E-state index contributed by atoms with van der Waals surface area (Å²) in [6, 6.07) is 19.0. The van der Waals surface area contributed by atoms with Crippen molar-refractivity contribution in [2.24, 2.45) is 29.6 Å². The number of hydrogen-bond donors (Lipinski definition) is 10. The van der Waals surface area contributed by atoms with E-state index in [2.05, 4.69) is 186 Å². The van der Waals surface area contributed by atoms with Crippen molar-refractivity contribution >= 4 is 108 Å². The molecule has 35 nitrogen and oxygen atoms in total. The Balaban J connectivity index is 0.000000259. The number of aromatic amines is 5. The maximum absolute atomic E-state index is 13.4. The van der Waals surface area contributed by atoms with Gasteiger partial charge in [-0.2, -0.15) is 0 Å². The third-order valence-electron chi connectivity index (χ3n) is 23.1. The summed E-state index contributed by atoms with van der Waals surface area (Å²) in [7, 11) is 4.39. The number of carbonyl (C=O) groups excluding carboxylic acids is 10. The molecule has 8 aromatic rings. The Hall–Kier alpha value is -13.5. The maximum Gasteiger partial charge on any atom is 0.407 e. The highest BCUT2D eigenvalue weighted by atomic mass is 79.9. The number of amides is 10. The first-order chi connectivity index (χ1) is 67.9. The summed E-state index contributed by atoms with van der Waals surface area (Å²) in [5.41, 5.74) is 5.63. The molecule has 3 aromatic carbocycles. The Bertz CT molecular complexity index is 5500. The molecule has 10 heterocycles. The molecule has 5 fully saturated rings. The van der Waals surface area contributed by atoms with Crippen LogP contribution in [-0.2, 0) is 47.7 Å². The number of halogens is 5. The second kappa shape index (κ2) is 57.2. The van der Waals surface area contributed by atoms with Gasteiger partial charge >= 0.3 is 30.5 Å². The number of rotatable bonds is 20. The Morgan fingerprint density at radius 2 is 0.507 bits per heavy atom. The van der Waals surface area contributed by atoms with Crippen molar-refractivity contribution in [2.75, 3.05) is 82.6 Å². The third kappa shape index (κ3) is 32.8. The number of methoxy groups -OCH3 is 5. The Labute approximate surface area is 844 Å². The molecule has 5 saturated heterocycles. The smallest absolute Gasteiger partial charge is 0.407 e. The number of imidazole rings is 5. The van der Waals surface area contributed by atoms with Gasteiger partial charge in [0, 0.05) is 62.8 Å². The van der Waals surface area contributed by atoms with Crippen LogP contribution in [0.25, 0.3) is 0 Å². The molecule has 13 rings (SSSR count). The molecule has 0 radical (unpaired) electrons. The van der Waals surface area contributed by atoms with Crippen molar-refractivity contribution in [1.82, 2.24) is 101 Å². The summed E-state index contributed by atoms with van der Waals surface area (Å²) in [6.07, 6.45) is 24.0. The van der Waals surface area contributed by atoms with Gasteiger partial charge < -0.3 is 99.7 Å². The van der Waals surface area contributed by atoms with Crippen LogP contribution in [-0.4, -0.2) is 247 Å². The lowest BCUT2D eigenvalue weighted by atomic mass is 10.0. The molecular weight excluding hydrogens is 2000 g/mol. The number of terminal acetylenes is 2. The molecule has 10 N–H and O–H groups in total. The normalized spacial score (nSPS) is 17.1. The number of ether oxygens (including phenoxy) is 5. The van der Waals surface area contributed by atoms with Crippen molar-refractivity contribution in [2.45, 2.75) is 194 Å². The lowest BCUT2D eigenvalue weighted by molar-refractivity contribution is -0.136. The fourth-order valence-corrected chi connectivity index (χ4v) is 16.6. The second-order valence-electron chi connectivity index (χ2n) is 34.2. The van der Waals surface area contributed by atoms with E-state index < -0.39 is 75.0 Å². The quantitative estimate of drug-likeness (QED) is 0.0250. The average molecular weight is 2130 g/mol. The number of H-pyrrole nitrogens is 5. The third-order valence-corrected chi connectivity index (χ3v) is 24.6. The molecule has 140 heavy (non-hydrogen) atoms. The summed E-state index contributed by atoms with van der Waals surface area (Å²) in [6.45, 7) is 21.9. The molecule has 5 aliphatic heterocycles. The van der Waals surface area contributed by atoms with Crippen molar-refractivity contribution in [3.8, 4) is 60.2 Å². The summed E-state index contributed by atoms with van der Waals surface area (Å²) in [4.78, 5) is 171. The van der Waals surface area contributed by atoms with Gasteiger partial charge in [0.05, 0.1) is 114 Å². The molecule has 750 valence electrons. The van der Waals surface area contributed by atoms with Crippen LogP contribution in [0.4, 0.5) is 32.8 Å². The Morgan fingerprint density at radius 1 is 0.336 bits per heavy atom. The minimum Gasteiger partial charge on any atom is -0.453 e. The van der Waals surface area contributed by atoms with Crippen LogP contribution < -0.4 is 26.6 Å². The molecule has 0 spiro atoms. The van der Waals surface area contributed by atoms with E-state index in [-0.39, 0.29) is 89.3 Å². The summed E-state index contributed by atoms with van der Waals surface area (Å²) < 4.78 is 57.6. The van der Waals surface area contributed by atoms with E-state index in [1.54, 1.807) is 55.5 Å². The molecule has 0 saturated carbocycles. The van der Waals surface area contributed by atoms with Crippen molar-refractivity contribution in [3.63, 3.8) is 0 Å². The zero-order chi connectivity index (χ0) is 104. The monoisotopic (exact) mass is 2120 g/mol. The van der Waals surface area contributed by atoms with E-state index in [0.29, 0.717) is 90.3 Å². The molecule has 0 aliphatic carbocycles. The fraction of sp³-hybridized carbons (Fsp3) is 0.470. The molecule has 0 bridgehead atoms. The first-order valence-electron chi connectivity index (χ1n) is 46.8. The zero-order valence-electron chi connectivity index (χ0n) is 83.1. The number of nitrogens with zero attached hydrogens (tertiary/aromatic N) is 10. The molecule has 40 heteroatoms. The number of benzene rings is 3. The van der Waals surface area contributed by atoms with Crippen LogP contribution in [0.5, 0.6) is 0 Å². The second-order valence-corrected chi connectivity index (χ2v) is 37.0. The number of aromatic nitrogens is 10. The standard InChI is InChI=1S/C38H46N8O6.C22H25BrN4O3.2C16H22N4O3.C6H4Br2.2CH3F/c1-23(2)31(43-37(49)51-5)35(47)45-19-7-9-29(45)33-39-21-27(41-33)17-15-25-11-13-26(14-12-25)16-18-28-22-40-34(42-28)30-10-8-20-46(30)36(48)32(24(3)4)44-38(50)52-6;1-14(2)19(26-22(29)30-3)21(28)27-12-4-5-18(27)20-24-13-17(25-20)11-8-15-6-9-16(23)10-7-15;2*1-5-11-9-17-14(18-11)12-7-6-8-20(12)15(21)13(10(2)3)19-16(22)23-4;7-5-1-2-6(8)4-3-5;2*1-2/h11-14,21-24,29-32H,7-10,19-20H2,1-6H3,(H,39,41)(H,40,42)(H,43,49)(H,44,50);6-7,9-10,13-14,18-19H,4-5,12H2,1-3H3,(H,24,25)(H,26,29);2*1,9-10,12-13H,6-8H2,2-4H3,(H,17,18)(H,19,22);1-4H;2*1H3/t29-,30-,31-,32-;18-,19-;2*12-,13-;;;/m0000.../s1/i;;;;;2*1D. The largest absolute Gasteiger partial charge is 0.453 e. The number of alkyl halides is 2. The maximum atomic E-state index is 13.4. The van der Waals surface area contributed by atoms with E-state index >= 15 is 0 Å². The van der Waals surface area contributed by atoms with Crippen LogP contribution in [0, 0.1) is 89.8 Å². The number of carbonyl (C=O) groups is 10. The Morgan fingerprint density at radius 3 is 0.679 bits per heavy atom. The number of alkyl carbamates (subject to hydrolysis) is 5. The minimum absolute atomic E-state index is 0.0549. The van der Waals surface area contributed by atoms with Crippen LogP contribution in [0.1, 0.15) is 241 Å². The lowest BCUT2D eigenvalue weighted by Crippen LogP contribution is -2.51. The van der Waals surface area contributed by atoms with E-state index in [0.717, 1.165) is 94.3 Å². The topological polar surface area (TPSA) is 437 Å². The lowest BCUT2D eigenvalue weighted by Gasteiger charge is -2.29. The molecule has 5 aromatic heterocycles. The van der Waals surface area contributed by atoms with Gasteiger partial charge in [0.15, 0.2) is 0 Å². The van der Waals surface area contributed by atoms with Gasteiger partial charge in [-0.1, -0.05) is 147 Å². The van der Waals surface area contributed by atoms with Gasteiger partial charge in [-0.3, -0.25) is 32.8 Å². The molecule has 0 unspecified atom stereocenters. The van der Waals surface area contributed by atoms with Crippen LogP contribution in [0.3, 0.4) is 0 Å². The van der Waals surface area contributed by atoms with E-state index in [1.807, 2.05) is 142 Å². The number of hydrogen-bond acceptors (Lipinski definition) is 20. The number of likely N-dealkylation sites (tertiary alicyclic amines) is 5. The highest BCUT2D eigenvalue weighted by Gasteiger charge is 2.43. The van der Waals surface area contributed by atoms with Crippen molar-refractivity contribution in [1.29, 1.82) is 0 Å². The van der Waals surface area contributed by atoms with E-state index in [4.69, 9.17) is 25.1 Å². The minimum atomic E-state index is -1.00. The van der Waals surface area contributed by atoms with E-state index in [9.17, 15) is 56.7 Å². The first-order valence-corrected chi connectivity index (χ1v) is 47.8.